The van der Waals surface area contributed by atoms with Gasteiger partial charge in [-0.05, 0) is 36.4 Å². The molecule has 1 atom stereocenters. The van der Waals surface area contributed by atoms with E-state index in [1.165, 1.54) is 0 Å². The number of benzene rings is 2. The lowest BCUT2D eigenvalue weighted by molar-refractivity contribution is -0.117. The zero-order chi connectivity index (χ0) is 20.5. The number of rotatable bonds is 9. The molecule has 0 spiro atoms. The molecule has 29 heavy (non-hydrogen) atoms. The molecule has 7 heteroatoms. The molecule has 0 radical (unpaired) electrons. The van der Waals surface area contributed by atoms with Crippen LogP contribution in [0.4, 0.5) is 5.69 Å². The minimum absolute atomic E-state index is 0.0279. The first kappa shape index (κ1) is 21.1. The number of hydrogen-bond donors (Lipinski definition) is 2. The molecule has 0 aromatic heterocycles. The van der Waals surface area contributed by atoms with Crippen molar-refractivity contribution in [3.63, 3.8) is 0 Å². The minimum atomic E-state index is -0.542. The molecule has 1 aliphatic heterocycles. The predicted octanol–water partition coefficient (Wildman–Crippen LogP) is 1.69. The second-order valence-corrected chi connectivity index (χ2v) is 7.13. The highest BCUT2D eigenvalue weighted by Crippen LogP contribution is 2.15. The van der Waals surface area contributed by atoms with Crippen LogP contribution in [-0.4, -0.2) is 79.9 Å². The molecule has 2 aromatic rings. The van der Waals surface area contributed by atoms with E-state index in [0.29, 0.717) is 13.1 Å². The molecule has 0 saturated carbocycles. The van der Waals surface area contributed by atoms with Crippen LogP contribution in [0.3, 0.4) is 0 Å². The molecule has 0 bridgehead atoms. The number of nitrogens with zero attached hydrogens (tertiary/aromatic N) is 2. The summed E-state index contributed by atoms with van der Waals surface area (Å²) >= 11 is 0. The van der Waals surface area contributed by atoms with Crippen molar-refractivity contribution < 1.29 is 19.4 Å². The maximum Gasteiger partial charge on any atom is 0.238 e. The van der Waals surface area contributed by atoms with Gasteiger partial charge in [-0.15, -0.1) is 0 Å². The van der Waals surface area contributed by atoms with Gasteiger partial charge in [0, 0.05) is 38.4 Å². The summed E-state index contributed by atoms with van der Waals surface area (Å²) < 4.78 is 10.7. The Kier molecular flexibility index (Phi) is 7.86. The van der Waals surface area contributed by atoms with E-state index in [0.717, 1.165) is 43.4 Å². The van der Waals surface area contributed by atoms with Crippen molar-refractivity contribution >= 4 is 11.6 Å². The van der Waals surface area contributed by atoms with E-state index in [4.69, 9.17) is 9.47 Å². The molecule has 1 saturated heterocycles. The lowest BCUT2D eigenvalue weighted by Crippen LogP contribution is -2.50. The van der Waals surface area contributed by atoms with Crippen LogP contribution in [0.25, 0.3) is 0 Å². The van der Waals surface area contributed by atoms with Crippen LogP contribution in [0.2, 0.25) is 0 Å². The summed E-state index contributed by atoms with van der Waals surface area (Å²) in [4.78, 5) is 16.6. The third kappa shape index (κ3) is 7.05. The van der Waals surface area contributed by atoms with E-state index in [1.54, 1.807) is 7.11 Å². The molecule has 1 heterocycles. The van der Waals surface area contributed by atoms with Gasteiger partial charge >= 0.3 is 0 Å². The Hall–Kier alpha value is -2.61. The number of carbonyl (C=O) groups is 1. The monoisotopic (exact) mass is 399 g/mol. The van der Waals surface area contributed by atoms with Crippen LogP contribution in [0.15, 0.2) is 54.6 Å². The molecule has 7 nitrogen and oxygen atoms in total. The number of aliphatic hydroxyl groups is 1. The van der Waals surface area contributed by atoms with E-state index in [9.17, 15) is 9.90 Å². The highest BCUT2D eigenvalue weighted by atomic mass is 16.5. The van der Waals surface area contributed by atoms with Crippen LogP contribution in [0.5, 0.6) is 11.5 Å². The van der Waals surface area contributed by atoms with Crippen molar-refractivity contribution in [3.8, 4) is 11.5 Å². The molecule has 2 aromatic carbocycles. The van der Waals surface area contributed by atoms with Gasteiger partial charge in [0.25, 0.3) is 0 Å². The zero-order valence-electron chi connectivity index (χ0n) is 16.8. The molecular formula is C22H29N3O4. The lowest BCUT2D eigenvalue weighted by atomic mass is 10.2. The summed E-state index contributed by atoms with van der Waals surface area (Å²) in [6, 6.07) is 16.8. The first-order valence-corrected chi connectivity index (χ1v) is 9.87. The molecule has 1 amide bonds. The van der Waals surface area contributed by atoms with Gasteiger partial charge in [-0.3, -0.25) is 14.6 Å². The highest BCUT2D eigenvalue weighted by molar-refractivity contribution is 5.92. The summed E-state index contributed by atoms with van der Waals surface area (Å²) in [5, 5.41) is 13.1. The van der Waals surface area contributed by atoms with Crippen molar-refractivity contribution in [2.75, 3.05) is 58.3 Å². The Morgan fingerprint density at radius 2 is 1.66 bits per heavy atom. The van der Waals surface area contributed by atoms with Gasteiger partial charge in [0.1, 0.15) is 24.2 Å². The van der Waals surface area contributed by atoms with E-state index in [1.807, 2.05) is 54.6 Å². The van der Waals surface area contributed by atoms with Gasteiger partial charge in [0.05, 0.1) is 13.7 Å². The molecule has 3 rings (SSSR count). The summed E-state index contributed by atoms with van der Waals surface area (Å²) in [6.07, 6.45) is -0.542. The Morgan fingerprint density at radius 1 is 1.00 bits per heavy atom. The van der Waals surface area contributed by atoms with Crippen molar-refractivity contribution in [2.45, 2.75) is 6.10 Å². The minimum Gasteiger partial charge on any atom is -0.497 e. The zero-order valence-corrected chi connectivity index (χ0v) is 16.8. The Labute approximate surface area is 171 Å². The SMILES string of the molecule is COc1ccc(NC(=O)CN2CCN(CC(O)COc3ccccc3)CC2)cc1. The summed E-state index contributed by atoms with van der Waals surface area (Å²) in [7, 11) is 1.61. The molecule has 156 valence electrons. The van der Waals surface area contributed by atoms with E-state index in [-0.39, 0.29) is 12.5 Å². The number of piperazine rings is 1. The van der Waals surface area contributed by atoms with Gasteiger partial charge in [0.2, 0.25) is 5.91 Å². The number of methoxy groups -OCH3 is 1. The van der Waals surface area contributed by atoms with E-state index < -0.39 is 6.10 Å². The van der Waals surface area contributed by atoms with Crippen LogP contribution in [-0.2, 0) is 4.79 Å². The second-order valence-electron chi connectivity index (χ2n) is 7.13. The third-order valence-corrected chi connectivity index (χ3v) is 4.86. The van der Waals surface area contributed by atoms with E-state index >= 15 is 0 Å². The topological polar surface area (TPSA) is 74.3 Å². The molecular weight excluding hydrogens is 370 g/mol. The van der Waals surface area contributed by atoms with Crippen molar-refractivity contribution in [1.29, 1.82) is 0 Å². The molecule has 1 aliphatic rings. The molecule has 1 fully saturated rings. The summed E-state index contributed by atoms with van der Waals surface area (Å²) in [5.41, 5.74) is 0.760. The average Bonchev–Trinajstić information content (AvgIpc) is 2.75. The largest absolute Gasteiger partial charge is 0.497 e. The maximum atomic E-state index is 12.3. The van der Waals surface area contributed by atoms with Gasteiger partial charge < -0.3 is 19.9 Å². The standard InChI is InChI=1S/C22H29N3O4/c1-28-20-9-7-18(8-10-20)23-22(27)16-25-13-11-24(12-14-25)15-19(26)17-29-21-5-3-2-4-6-21/h2-10,19,26H,11-17H2,1H3,(H,23,27). The Morgan fingerprint density at radius 3 is 2.31 bits per heavy atom. The van der Waals surface area contributed by atoms with Crippen molar-refractivity contribution in [1.82, 2.24) is 9.80 Å². The quantitative estimate of drug-likeness (QED) is 0.669. The first-order chi connectivity index (χ1) is 14.1. The first-order valence-electron chi connectivity index (χ1n) is 9.87. The van der Waals surface area contributed by atoms with E-state index in [2.05, 4.69) is 15.1 Å². The van der Waals surface area contributed by atoms with Crippen LogP contribution < -0.4 is 14.8 Å². The number of nitrogens with one attached hydrogen (secondary N) is 1. The molecule has 1 unspecified atom stereocenters. The fraction of sp³-hybridized carbons (Fsp3) is 0.409. The van der Waals surface area contributed by atoms with Crippen LogP contribution in [0.1, 0.15) is 0 Å². The second kappa shape index (κ2) is 10.8. The maximum absolute atomic E-state index is 12.3. The number of hydrogen-bond acceptors (Lipinski definition) is 6. The lowest BCUT2D eigenvalue weighted by Gasteiger charge is -2.35. The van der Waals surface area contributed by atoms with Crippen molar-refractivity contribution in [3.05, 3.63) is 54.6 Å². The number of anilines is 1. The van der Waals surface area contributed by atoms with Gasteiger partial charge in [-0.1, -0.05) is 18.2 Å². The van der Waals surface area contributed by atoms with Crippen molar-refractivity contribution in [2.24, 2.45) is 0 Å². The number of ether oxygens (including phenoxy) is 2. The fourth-order valence-electron chi connectivity index (χ4n) is 3.27. The highest BCUT2D eigenvalue weighted by Gasteiger charge is 2.21. The normalized spacial score (nSPS) is 16.2. The van der Waals surface area contributed by atoms with Crippen LogP contribution in [0, 0.1) is 0 Å². The fourth-order valence-corrected chi connectivity index (χ4v) is 3.27. The molecule has 2 N–H and O–H groups in total. The van der Waals surface area contributed by atoms with Gasteiger partial charge in [-0.25, -0.2) is 0 Å². The third-order valence-electron chi connectivity index (χ3n) is 4.86. The predicted molar refractivity (Wildman–Crippen MR) is 112 cm³/mol. The number of carbonyl (C=O) groups excluding carboxylic acids is 1. The average molecular weight is 399 g/mol. The van der Waals surface area contributed by atoms with Gasteiger partial charge in [-0.2, -0.15) is 0 Å². The van der Waals surface area contributed by atoms with Gasteiger partial charge in [0.15, 0.2) is 0 Å². The molecule has 0 aliphatic carbocycles. The Balaban J connectivity index is 1.33. The summed E-state index contributed by atoms with van der Waals surface area (Å²) in [6.45, 7) is 4.42. The number of amides is 1. The number of β-amino-alcohol motifs (C(OH)–C–C–N with tert-alkyl or cyclic N) is 1. The smallest absolute Gasteiger partial charge is 0.238 e. The number of aliphatic hydroxyl groups excluding tert-OH is 1. The Bertz CT molecular complexity index is 746. The summed E-state index contributed by atoms with van der Waals surface area (Å²) in [5.74, 6) is 1.50. The van der Waals surface area contributed by atoms with Crippen LogP contribution >= 0.6 is 0 Å². The number of para-hydroxylation sites is 1.